The van der Waals surface area contributed by atoms with Gasteiger partial charge in [0.1, 0.15) is 0 Å². The van der Waals surface area contributed by atoms with Crippen LogP contribution < -0.4 is 0 Å². The van der Waals surface area contributed by atoms with Crippen LogP contribution in [-0.2, 0) is 6.42 Å². The number of halogens is 5. The van der Waals surface area contributed by atoms with Gasteiger partial charge in [0.2, 0.25) is 0 Å². The van der Waals surface area contributed by atoms with Crippen molar-refractivity contribution >= 4 is 0 Å². The summed E-state index contributed by atoms with van der Waals surface area (Å²) >= 11 is 0. The monoisotopic (exact) mass is 254 g/mol. The Morgan fingerprint density at radius 3 is 1.88 bits per heavy atom. The molecule has 96 valence electrons. The lowest BCUT2D eigenvalue weighted by Gasteiger charge is -2.25. The predicted octanol–water partition coefficient (Wildman–Crippen LogP) is 3.48. The second-order valence-electron chi connectivity index (χ2n) is 3.62. The van der Waals surface area contributed by atoms with Crippen LogP contribution in [-0.4, -0.2) is 17.2 Å². The molecule has 0 aliphatic heterocycles. The number of hydrogen-bond acceptors (Lipinski definition) is 1. The van der Waals surface area contributed by atoms with Crippen molar-refractivity contribution in [2.45, 2.75) is 31.5 Å². The van der Waals surface area contributed by atoms with Crippen molar-refractivity contribution < 1.29 is 27.1 Å². The van der Waals surface area contributed by atoms with Gasteiger partial charge in [-0.3, -0.25) is 0 Å². The SMILES string of the molecule is CCc1ccc(C(O)C(F)(F)C(F)(F)F)cc1. The van der Waals surface area contributed by atoms with E-state index < -0.39 is 23.8 Å². The summed E-state index contributed by atoms with van der Waals surface area (Å²) in [6.07, 6.45) is -8.02. The van der Waals surface area contributed by atoms with Gasteiger partial charge in [0.05, 0.1) is 0 Å². The molecule has 1 nitrogen and oxygen atoms in total. The fourth-order valence-corrected chi connectivity index (χ4v) is 1.30. The van der Waals surface area contributed by atoms with Gasteiger partial charge < -0.3 is 5.11 Å². The molecule has 1 atom stereocenters. The van der Waals surface area contributed by atoms with Gasteiger partial charge in [-0.25, -0.2) is 0 Å². The van der Waals surface area contributed by atoms with E-state index in [1.165, 1.54) is 12.1 Å². The van der Waals surface area contributed by atoms with Crippen molar-refractivity contribution in [1.29, 1.82) is 0 Å². The fraction of sp³-hybridized carbons (Fsp3) is 0.455. The maximum Gasteiger partial charge on any atom is 0.456 e. The first kappa shape index (κ1) is 13.9. The number of rotatable bonds is 3. The highest BCUT2D eigenvalue weighted by molar-refractivity contribution is 5.25. The fourth-order valence-electron chi connectivity index (χ4n) is 1.30. The second kappa shape index (κ2) is 4.60. The van der Waals surface area contributed by atoms with Gasteiger partial charge >= 0.3 is 12.1 Å². The van der Waals surface area contributed by atoms with Crippen molar-refractivity contribution in [3.05, 3.63) is 35.4 Å². The number of hydrogen-bond donors (Lipinski definition) is 1. The van der Waals surface area contributed by atoms with Gasteiger partial charge in [0, 0.05) is 0 Å². The van der Waals surface area contributed by atoms with Crippen LogP contribution in [0.25, 0.3) is 0 Å². The van der Waals surface area contributed by atoms with Crippen LogP contribution in [0.5, 0.6) is 0 Å². The first-order chi connectivity index (χ1) is 7.70. The number of aliphatic hydroxyl groups is 1. The molecule has 0 aliphatic rings. The summed E-state index contributed by atoms with van der Waals surface area (Å²) in [5.74, 6) is -5.15. The number of aliphatic hydroxyl groups excluding tert-OH is 1. The van der Waals surface area contributed by atoms with Gasteiger partial charge in [-0.05, 0) is 17.5 Å². The van der Waals surface area contributed by atoms with Crippen molar-refractivity contribution in [2.24, 2.45) is 0 Å². The van der Waals surface area contributed by atoms with E-state index >= 15 is 0 Å². The summed E-state index contributed by atoms with van der Waals surface area (Å²) in [6.45, 7) is 1.82. The molecule has 1 aromatic rings. The summed E-state index contributed by atoms with van der Waals surface area (Å²) in [5.41, 5.74) is 0.334. The molecule has 0 saturated heterocycles. The molecule has 0 fully saturated rings. The minimum Gasteiger partial charge on any atom is -0.382 e. The Morgan fingerprint density at radius 2 is 1.53 bits per heavy atom. The molecular formula is C11H11F5O. The molecule has 0 spiro atoms. The lowest BCUT2D eigenvalue weighted by Crippen LogP contribution is -2.42. The van der Waals surface area contributed by atoms with Gasteiger partial charge in [-0.2, -0.15) is 22.0 Å². The van der Waals surface area contributed by atoms with E-state index in [0.717, 1.165) is 17.7 Å². The molecule has 1 aromatic carbocycles. The summed E-state index contributed by atoms with van der Waals surface area (Å²) in [4.78, 5) is 0. The number of aryl methyl sites for hydroxylation is 1. The molecule has 17 heavy (non-hydrogen) atoms. The highest BCUT2D eigenvalue weighted by atomic mass is 19.4. The molecule has 0 aliphatic carbocycles. The zero-order chi connectivity index (χ0) is 13.3. The molecule has 6 heteroatoms. The van der Waals surface area contributed by atoms with Crippen LogP contribution >= 0.6 is 0 Å². The van der Waals surface area contributed by atoms with E-state index in [4.69, 9.17) is 5.11 Å². The van der Waals surface area contributed by atoms with E-state index in [2.05, 4.69) is 0 Å². The summed E-state index contributed by atoms with van der Waals surface area (Å²) in [6, 6.07) is 4.96. The Labute approximate surface area is 94.9 Å². The Hall–Kier alpha value is -1.17. The van der Waals surface area contributed by atoms with E-state index in [1.807, 2.05) is 6.92 Å². The Morgan fingerprint density at radius 1 is 1.06 bits per heavy atom. The second-order valence-corrected chi connectivity index (χ2v) is 3.62. The van der Waals surface area contributed by atoms with Crippen LogP contribution in [0.2, 0.25) is 0 Å². The van der Waals surface area contributed by atoms with E-state index in [9.17, 15) is 22.0 Å². The molecule has 1 unspecified atom stereocenters. The molecule has 1 N–H and O–H groups in total. The minimum atomic E-state index is -5.77. The summed E-state index contributed by atoms with van der Waals surface area (Å²) in [5, 5.41) is 9.08. The number of benzene rings is 1. The predicted molar refractivity (Wildman–Crippen MR) is 51.8 cm³/mol. The third-order valence-electron chi connectivity index (χ3n) is 2.43. The average molecular weight is 254 g/mol. The quantitative estimate of drug-likeness (QED) is 0.819. The van der Waals surface area contributed by atoms with E-state index in [1.54, 1.807) is 0 Å². The van der Waals surface area contributed by atoms with Crippen molar-refractivity contribution in [2.75, 3.05) is 0 Å². The summed E-state index contributed by atoms with van der Waals surface area (Å²) < 4.78 is 61.6. The van der Waals surface area contributed by atoms with E-state index in [-0.39, 0.29) is 0 Å². The molecule has 1 rings (SSSR count). The van der Waals surface area contributed by atoms with Gasteiger partial charge in [0.15, 0.2) is 6.10 Å². The van der Waals surface area contributed by atoms with Crippen LogP contribution in [0.1, 0.15) is 24.2 Å². The van der Waals surface area contributed by atoms with Crippen LogP contribution in [0.15, 0.2) is 24.3 Å². The number of alkyl halides is 5. The largest absolute Gasteiger partial charge is 0.456 e. The average Bonchev–Trinajstić information content (AvgIpc) is 2.26. The van der Waals surface area contributed by atoms with Gasteiger partial charge in [-0.15, -0.1) is 0 Å². The highest BCUT2D eigenvalue weighted by Crippen LogP contribution is 2.44. The zero-order valence-electron chi connectivity index (χ0n) is 8.93. The Bertz CT molecular complexity index is 368. The van der Waals surface area contributed by atoms with Crippen LogP contribution in [0.4, 0.5) is 22.0 Å². The molecule has 0 aromatic heterocycles. The van der Waals surface area contributed by atoms with E-state index in [0.29, 0.717) is 6.42 Å². The van der Waals surface area contributed by atoms with Gasteiger partial charge in [0.25, 0.3) is 0 Å². The normalized spacial score (nSPS) is 14.8. The molecule has 0 heterocycles. The lowest BCUT2D eigenvalue weighted by molar-refractivity contribution is -0.315. The molecule has 0 amide bonds. The van der Waals surface area contributed by atoms with Crippen molar-refractivity contribution in [3.63, 3.8) is 0 Å². The van der Waals surface area contributed by atoms with Crippen molar-refractivity contribution in [3.8, 4) is 0 Å². The third kappa shape index (κ3) is 2.74. The third-order valence-corrected chi connectivity index (χ3v) is 2.43. The molecular weight excluding hydrogens is 243 g/mol. The van der Waals surface area contributed by atoms with Crippen LogP contribution in [0.3, 0.4) is 0 Å². The van der Waals surface area contributed by atoms with Crippen LogP contribution in [0, 0.1) is 0 Å². The standard InChI is InChI=1S/C11H11F5O/c1-2-7-3-5-8(6-4-7)9(17)10(12,13)11(14,15)16/h3-6,9,17H,2H2,1H3. The molecule has 0 radical (unpaired) electrons. The Kier molecular flexibility index (Phi) is 3.76. The first-order valence-electron chi connectivity index (χ1n) is 4.91. The lowest BCUT2D eigenvalue weighted by atomic mass is 10.0. The Balaban J connectivity index is 2.99. The molecule has 0 saturated carbocycles. The summed E-state index contributed by atoms with van der Waals surface area (Å²) in [7, 11) is 0. The zero-order valence-corrected chi connectivity index (χ0v) is 8.93. The van der Waals surface area contributed by atoms with Crippen molar-refractivity contribution in [1.82, 2.24) is 0 Å². The molecule has 0 bridgehead atoms. The smallest absolute Gasteiger partial charge is 0.382 e. The topological polar surface area (TPSA) is 20.2 Å². The first-order valence-corrected chi connectivity index (χ1v) is 4.91. The maximum atomic E-state index is 12.8. The minimum absolute atomic E-state index is 0.454. The highest BCUT2D eigenvalue weighted by Gasteiger charge is 2.62. The van der Waals surface area contributed by atoms with Gasteiger partial charge in [-0.1, -0.05) is 31.2 Å². The maximum absolute atomic E-state index is 12.8.